The van der Waals surface area contributed by atoms with Crippen molar-refractivity contribution in [3.05, 3.63) is 0 Å². The van der Waals surface area contributed by atoms with E-state index in [0.29, 0.717) is 12.2 Å². The van der Waals surface area contributed by atoms with Gasteiger partial charge in [-0.15, -0.1) is 11.6 Å². The lowest BCUT2D eigenvalue weighted by Crippen LogP contribution is -2.49. The first-order chi connectivity index (χ1) is 6.09. The second-order valence-corrected chi connectivity index (χ2v) is 4.86. The molecule has 0 saturated carbocycles. The standard InChI is InChI=1S/C8H11ClN2OS/c1-6(9)7(12)11-8(4-10)2-3-13-5-8/h6H,2-3,5H2,1H3,(H,11,12). The van der Waals surface area contributed by atoms with Crippen LogP contribution < -0.4 is 5.32 Å². The molecule has 5 heteroatoms. The molecule has 1 saturated heterocycles. The van der Waals surface area contributed by atoms with E-state index in [-0.39, 0.29) is 5.91 Å². The molecular formula is C8H11ClN2OS. The van der Waals surface area contributed by atoms with Gasteiger partial charge in [-0.05, 0) is 19.1 Å². The molecule has 1 fully saturated rings. The van der Waals surface area contributed by atoms with Crippen LogP contribution in [-0.2, 0) is 4.79 Å². The molecule has 3 nitrogen and oxygen atoms in total. The van der Waals surface area contributed by atoms with Gasteiger partial charge in [-0.2, -0.15) is 17.0 Å². The van der Waals surface area contributed by atoms with E-state index in [1.54, 1.807) is 18.7 Å². The van der Waals surface area contributed by atoms with Gasteiger partial charge >= 0.3 is 0 Å². The average molecular weight is 219 g/mol. The Hall–Kier alpha value is -0.400. The van der Waals surface area contributed by atoms with E-state index < -0.39 is 10.9 Å². The van der Waals surface area contributed by atoms with Crippen LogP contribution in [0, 0.1) is 11.3 Å². The van der Waals surface area contributed by atoms with Gasteiger partial charge in [-0.3, -0.25) is 4.79 Å². The molecule has 0 bridgehead atoms. The van der Waals surface area contributed by atoms with Crippen LogP contribution in [0.15, 0.2) is 0 Å². The minimum absolute atomic E-state index is 0.259. The molecule has 1 heterocycles. The van der Waals surface area contributed by atoms with Gasteiger partial charge < -0.3 is 5.32 Å². The number of rotatable bonds is 2. The van der Waals surface area contributed by atoms with Gasteiger partial charge in [0.25, 0.3) is 0 Å². The fourth-order valence-electron chi connectivity index (χ4n) is 1.11. The molecule has 0 aromatic rings. The maximum absolute atomic E-state index is 11.3. The van der Waals surface area contributed by atoms with Crippen molar-refractivity contribution in [2.45, 2.75) is 24.3 Å². The Bertz CT molecular complexity index is 243. The number of nitrogens with zero attached hydrogens (tertiary/aromatic N) is 1. The van der Waals surface area contributed by atoms with Gasteiger partial charge in [-0.1, -0.05) is 0 Å². The van der Waals surface area contributed by atoms with Crippen molar-refractivity contribution in [3.8, 4) is 6.07 Å². The van der Waals surface area contributed by atoms with Crippen LogP contribution >= 0.6 is 23.4 Å². The fraction of sp³-hybridized carbons (Fsp3) is 0.750. The van der Waals surface area contributed by atoms with E-state index in [1.807, 2.05) is 0 Å². The number of amides is 1. The molecule has 72 valence electrons. The third kappa shape index (κ3) is 2.52. The summed E-state index contributed by atoms with van der Waals surface area (Å²) >= 11 is 7.28. The lowest BCUT2D eigenvalue weighted by atomic mass is 10.0. The zero-order valence-electron chi connectivity index (χ0n) is 7.34. The number of nitrogens with one attached hydrogen (secondary N) is 1. The summed E-state index contributed by atoms with van der Waals surface area (Å²) in [6.07, 6.45) is 0.712. The summed E-state index contributed by atoms with van der Waals surface area (Å²) in [7, 11) is 0. The van der Waals surface area contributed by atoms with Crippen molar-refractivity contribution in [2.75, 3.05) is 11.5 Å². The Balaban J connectivity index is 2.60. The molecule has 0 aromatic heterocycles. The molecule has 1 amide bonds. The molecule has 0 radical (unpaired) electrons. The van der Waals surface area contributed by atoms with Crippen LogP contribution in [0.1, 0.15) is 13.3 Å². The summed E-state index contributed by atoms with van der Waals surface area (Å²) in [5, 5.41) is 11.0. The summed E-state index contributed by atoms with van der Waals surface area (Å²) < 4.78 is 0. The van der Waals surface area contributed by atoms with E-state index in [2.05, 4.69) is 11.4 Å². The molecule has 2 unspecified atom stereocenters. The molecule has 2 atom stereocenters. The summed E-state index contributed by atoms with van der Waals surface area (Å²) in [4.78, 5) is 11.3. The second kappa shape index (κ2) is 4.21. The van der Waals surface area contributed by atoms with E-state index in [9.17, 15) is 4.79 Å². The predicted molar refractivity (Wildman–Crippen MR) is 53.7 cm³/mol. The third-order valence-electron chi connectivity index (χ3n) is 1.96. The van der Waals surface area contributed by atoms with Gasteiger partial charge in [-0.25, -0.2) is 0 Å². The molecule has 1 aliphatic rings. The summed E-state index contributed by atoms with van der Waals surface area (Å²) in [5.74, 6) is 1.33. The fourth-order valence-corrected chi connectivity index (χ4v) is 2.44. The number of alkyl halides is 1. The Morgan fingerprint density at radius 2 is 2.54 bits per heavy atom. The topological polar surface area (TPSA) is 52.9 Å². The van der Waals surface area contributed by atoms with E-state index >= 15 is 0 Å². The van der Waals surface area contributed by atoms with Crippen molar-refractivity contribution < 1.29 is 4.79 Å². The lowest BCUT2D eigenvalue weighted by molar-refractivity contribution is -0.121. The Morgan fingerprint density at radius 3 is 2.92 bits per heavy atom. The molecular weight excluding hydrogens is 208 g/mol. The Labute approximate surface area is 86.8 Å². The van der Waals surface area contributed by atoms with Crippen molar-refractivity contribution in [3.63, 3.8) is 0 Å². The third-order valence-corrected chi connectivity index (χ3v) is 3.35. The molecule has 1 rings (SSSR count). The maximum atomic E-state index is 11.3. The van der Waals surface area contributed by atoms with Crippen LogP contribution in [0.3, 0.4) is 0 Å². The number of carbonyl (C=O) groups is 1. The van der Waals surface area contributed by atoms with Gasteiger partial charge in [0, 0.05) is 5.75 Å². The van der Waals surface area contributed by atoms with Crippen LogP contribution in [0.25, 0.3) is 0 Å². The van der Waals surface area contributed by atoms with Gasteiger partial charge in [0.2, 0.25) is 5.91 Å². The molecule has 0 aliphatic carbocycles. The van der Waals surface area contributed by atoms with Crippen molar-refractivity contribution in [1.29, 1.82) is 5.26 Å². The molecule has 13 heavy (non-hydrogen) atoms. The Morgan fingerprint density at radius 1 is 1.85 bits per heavy atom. The number of halogens is 1. The number of thioether (sulfide) groups is 1. The second-order valence-electron chi connectivity index (χ2n) is 3.10. The zero-order chi connectivity index (χ0) is 9.90. The van der Waals surface area contributed by atoms with Crippen molar-refractivity contribution in [2.24, 2.45) is 0 Å². The average Bonchev–Trinajstić information content (AvgIpc) is 2.54. The smallest absolute Gasteiger partial charge is 0.239 e. The van der Waals surface area contributed by atoms with E-state index in [0.717, 1.165) is 5.75 Å². The highest BCUT2D eigenvalue weighted by Crippen LogP contribution is 2.27. The Kier molecular flexibility index (Phi) is 3.46. The summed E-state index contributed by atoms with van der Waals surface area (Å²) in [5.41, 5.74) is -0.676. The predicted octanol–water partition coefficient (Wildman–Crippen LogP) is 1.13. The van der Waals surface area contributed by atoms with Crippen molar-refractivity contribution in [1.82, 2.24) is 5.32 Å². The molecule has 0 aromatic carbocycles. The number of carbonyl (C=O) groups excluding carboxylic acids is 1. The minimum atomic E-state index is -0.676. The first-order valence-electron chi connectivity index (χ1n) is 4.05. The van der Waals surface area contributed by atoms with Gasteiger partial charge in [0.15, 0.2) is 0 Å². The van der Waals surface area contributed by atoms with E-state index in [4.69, 9.17) is 16.9 Å². The highest BCUT2D eigenvalue weighted by Gasteiger charge is 2.36. The summed E-state index contributed by atoms with van der Waals surface area (Å²) in [6.45, 7) is 1.60. The first kappa shape index (κ1) is 10.7. The maximum Gasteiger partial charge on any atom is 0.239 e. The minimum Gasteiger partial charge on any atom is -0.336 e. The normalized spacial score (nSPS) is 29.3. The highest BCUT2D eigenvalue weighted by molar-refractivity contribution is 7.99. The molecule has 1 aliphatic heterocycles. The summed E-state index contributed by atoms with van der Waals surface area (Å²) in [6, 6.07) is 2.15. The van der Waals surface area contributed by atoms with Crippen LogP contribution in [0.4, 0.5) is 0 Å². The molecule has 1 N–H and O–H groups in total. The van der Waals surface area contributed by atoms with Crippen molar-refractivity contribution >= 4 is 29.3 Å². The van der Waals surface area contributed by atoms with Gasteiger partial charge in [0.05, 0.1) is 6.07 Å². The monoisotopic (exact) mass is 218 g/mol. The lowest BCUT2D eigenvalue weighted by Gasteiger charge is -2.21. The highest BCUT2D eigenvalue weighted by atomic mass is 35.5. The van der Waals surface area contributed by atoms with Crippen LogP contribution in [0.5, 0.6) is 0 Å². The largest absolute Gasteiger partial charge is 0.336 e. The SMILES string of the molecule is CC(Cl)C(=O)NC1(C#N)CCSC1. The first-order valence-corrected chi connectivity index (χ1v) is 5.64. The molecule has 0 spiro atoms. The van der Waals surface area contributed by atoms with Crippen LogP contribution in [-0.4, -0.2) is 28.3 Å². The van der Waals surface area contributed by atoms with Gasteiger partial charge in [0.1, 0.15) is 10.9 Å². The van der Waals surface area contributed by atoms with E-state index in [1.165, 1.54) is 0 Å². The number of hydrogen-bond donors (Lipinski definition) is 1. The quantitative estimate of drug-likeness (QED) is 0.707. The van der Waals surface area contributed by atoms with Crippen LogP contribution in [0.2, 0.25) is 0 Å². The number of hydrogen-bond acceptors (Lipinski definition) is 3. The number of nitriles is 1. The zero-order valence-corrected chi connectivity index (χ0v) is 8.91.